The van der Waals surface area contributed by atoms with E-state index in [-0.39, 0.29) is 17.1 Å². The number of hydrogen-bond acceptors (Lipinski definition) is 9. The van der Waals surface area contributed by atoms with Crippen LogP contribution in [0.4, 0.5) is 0 Å². The van der Waals surface area contributed by atoms with Crippen LogP contribution in [0.5, 0.6) is 11.5 Å². The van der Waals surface area contributed by atoms with Crippen LogP contribution in [-0.4, -0.2) is 63.1 Å². The maximum absolute atomic E-state index is 13.0. The van der Waals surface area contributed by atoms with Gasteiger partial charge in [0.05, 0.1) is 24.7 Å². The summed E-state index contributed by atoms with van der Waals surface area (Å²) in [5, 5.41) is 40.4. The number of phenolic OH excluding ortho intramolecular Hbond substituents is 2. The Morgan fingerprint density at radius 3 is 2.36 bits per heavy atom. The highest BCUT2D eigenvalue weighted by molar-refractivity contribution is 5.97. The van der Waals surface area contributed by atoms with E-state index in [9.17, 15) is 34.8 Å². The van der Waals surface area contributed by atoms with Crippen molar-refractivity contribution in [2.45, 2.75) is 30.7 Å². The Hall–Kier alpha value is -3.69. The Balaban J connectivity index is 1.88. The van der Waals surface area contributed by atoms with E-state index in [0.29, 0.717) is 5.56 Å². The summed E-state index contributed by atoms with van der Waals surface area (Å²) in [4.78, 5) is 37.7. The minimum Gasteiger partial charge on any atom is -0.504 e. The van der Waals surface area contributed by atoms with Crippen LogP contribution in [0.2, 0.25) is 0 Å². The van der Waals surface area contributed by atoms with Gasteiger partial charge in [-0.25, -0.2) is 9.59 Å². The molecule has 9 nitrogen and oxygen atoms in total. The monoisotopic (exact) mass is 456 g/mol. The second-order valence-corrected chi connectivity index (χ2v) is 7.83. The van der Waals surface area contributed by atoms with E-state index in [4.69, 9.17) is 4.74 Å². The first kappa shape index (κ1) is 24.0. The molecule has 1 aliphatic rings. The first-order chi connectivity index (χ1) is 15.6. The average Bonchev–Trinajstić information content (AvgIpc) is 2.81. The predicted molar refractivity (Wildman–Crippen MR) is 115 cm³/mol. The number of ketones is 1. The van der Waals surface area contributed by atoms with Crippen LogP contribution in [0.3, 0.4) is 0 Å². The highest BCUT2D eigenvalue weighted by Crippen LogP contribution is 2.37. The SMILES string of the molecule is COC(=O)[C@]1(O)C[C@@H](O)[C@@H](OC(=O)c2ccccc2)[C@H](C(=O)/C=C/c2ccc(O)c(O)c2)C1. The molecule has 4 N–H and O–H groups in total. The predicted octanol–water partition coefficient (Wildman–Crippen LogP) is 1.58. The van der Waals surface area contributed by atoms with E-state index >= 15 is 0 Å². The van der Waals surface area contributed by atoms with Gasteiger partial charge in [-0.3, -0.25) is 4.79 Å². The molecule has 0 heterocycles. The highest BCUT2D eigenvalue weighted by atomic mass is 16.6. The van der Waals surface area contributed by atoms with E-state index in [2.05, 4.69) is 4.74 Å². The van der Waals surface area contributed by atoms with E-state index < -0.39 is 54.3 Å². The largest absolute Gasteiger partial charge is 0.504 e. The third-order valence-corrected chi connectivity index (χ3v) is 5.50. The van der Waals surface area contributed by atoms with Gasteiger partial charge in [-0.2, -0.15) is 0 Å². The quantitative estimate of drug-likeness (QED) is 0.288. The van der Waals surface area contributed by atoms with E-state index in [1.807, 2.05) is 0 Å². The number of rotatable bonds is 6. The zero-order valence-corrected chi connectivity index (χ0v) is 17.7. The Bertz CT molecular complexity index is 1060. The summed E-state index contributed by atoms with van der Waals surface area (Å²) in [7, 11) is 1.07. The molecular weight excluding hydrogens is 432 g/mol. The maximum atomic E-state index is 13.0. The molecule has 33 heavy (non-hydrogen) atoms. The lowest BCUT2D eigenvalue weighted by molar-refractivity contribution is -0.182. The van der Waals surface area contributed by atoms with E-state index in [0.717, 1.165) is 13.2 Å². The van der Waals surface area contributed by atoms with Gasteiger partial charge in [-0.15, -0.1) is 0 Å². The van der Waals surface area contributed by atoms with Gasteiger partial charge >= 0.3 is 11.9 Å². The molecule has 0 saturated heterocycles. The highest BCUT2D eigenvalue weighted by Gasteiger charge is 2.53. The maximum Gasteiger partial charge on any atom is 0.338 e. The van der Waals surface area contributed by atoms with Crippen LogP contribution in [-0.2, 0) is 19.1 Å². The van der Waals surface area contributed by atoms with Crippen molar-refractivity contribution in [3.8, 4) is 11.5 Å². The first-order valence-corrected chi connectivity index (χ1v) is 10.1. The zero-order valence-electron chi connectivity index (χ0n) is 17.7. The van der Waals surface area contributed by atoms with Crippen LogP contribution in [0.1, 0.15) is 28.8 Å². The fourth-order valence-corrected chi connectivity index (χ4v) is 3.79. The summed E-state index contributed by atoms with van der Waals surface area (Å²) in [6, 6.07) is 11.9. The fraction of sp³-hybridized carbons (Fsp3) is 0.292. The van der Waals surface area contributed by atoms with Gasteiger partial charge in [0.25, 0.3) is 0 Å². The number of hydrogen-bond donors (Lipinski definition) is 4. The molecule has 4 atom stereocenters. The number of aliphatic hydroxyl groups excluding tert-OH is 1. The molecule has 0 bridgehead atoms. The third-order valence-electron chi connectivity index (χ3n) is 5.50. The van der Waals surface area contributed by atoms with Crippen molar-refractivity contribution >= 4 is 23.8 Å². The topological polar surface area (TPSA) is 151 Å². The summed E-state index contributed by atoms with van der Waals surface area (Å²) in [5.74, 6) is -4.38. The average molecular weight is 456 g/mol. The van der Waals surface area contributed by atoms with E-state index in [1.54, 1.807) is 18.2 Å². The number of carbonyl (C=O) groups excluding carboxylic acids is 3. The smallest absolute Gasteiger partial charge is 0.338 e. The van der Waals surface area contributed by atoms with Gasteiger partial charge in [-0.05, 0) is 35.9 Å². The third kappa shape index (κ3) is 5.39. The van der Waals surface area contributed by atoms with Crippen molar-refractivity contribution in [2.75, 3.05) is 7.11 Å². The molecule has 0 radical (unpaired) electrons. The zero-order chi connectivity index (χ0) is 24.2. The van der Waals surface area contributed by atoms with Crippen molar-refractivity contribution in [3.05, 3.63) is 65.7 Å². The fourth-order valence-electron chi connectivity index (χ4n) is 3.79. The van der Waals surface area contributed by atoms with Crippen molar-refractivity contribution in [1.82, 2.24) is 0 Å². The van der Waals surface area contributed by atoms with Gasteiger partial charge in [0.2, 0.25) is 0 Å². The molecule has 0 aromatic heterocycles. The Morgan fingerprint density at radius 1 is 1.03 bits per heavy atom. The Labute approximate surface area is 189 Å². The second-order valence-electron chi connectivity index (χ2n) is 7.83. The summed E-state index contributed by atoms with van der Waals surface area (Å²) in [6.45, 7) is 0. The Kier molecular flexibility index (Phi) is 7.15. The lowest BCUT2D eigenvalue weighted by atomic mass is 9.72. The number of aliphatic hydroxyl groups is 2. The van der Waals surface area contributed by atoms with Gasteiger partial charge < -0.3 is 29.9 Å². The molecule has 0 spiro atoms. The van der Waals surface area contributed by atoms with Gasteiger partial charge in [0, 0.05) is 12.8 Å². The molecule has 2 aromatic rings. The number of phenols is 2. The molecule has 2 aromatic carbocycles. The lowest BCUT2D eigenvalue weighted by Crippen LogP contribution is -2.57. The molecule has 9 heteroatoms. The van der Waals surface area contributed by atoms with Crippen molar-refractivity contribution in [1.29, 1.82) is 0 Å². The van der Waals surface area contributed by atoms with Gasteiger partial charge in [0.1, 0.15) is 6.10 Å². The lowest BCUT2D eigenvalue weighted by Gasteiger charge is -2.41. The van der Waals surface area contributed by atoms with Gasteiger partial charge in [-0.1, -0.05) is 30.3 Å². The van der Waals surface area contributed by atoms with Crippen LogP contribution in [0.15, 0.2) is 54.6 Å². The minimum absolute atomic E-state index is 0.208. The first-order valence-electron chi connectivity index (χ1n) is 10.1. The van der Waals surface area contributed by atoms with Crippen molar-refractivity contribution in [3.63, 3.8) is 0 Å². The molecule has 1 aliphatic carbocycles. The van der Waals surface area contributed by atoms with E-state index in [1.165, 1.54) is 36.4 Å². The number of aromatic hydroxyl groups is 2. The molecule has 0 aliphatic heterocycles. The van der Waals surface area contributed by atoms with Crippen molar-refractivity contribution < 1.29 is 44.3 Å². The molecule has 0 unspecified atom stereocenters. The summed E-state index contributed by atoms with van der Waals surface area (Å²) >= 11 is 0. The van der Waals surface area contributed by atoms with Crippen molar-refractivity contribution in [2.24, 2.45) is 5.92 Å². The molecule has 0 amide bonds. The van der Waals surface area contributed by atoms with Crippen LogP contribution in [0.25, 0.3) is 6.08 Å². The van der Waals surface area contributed by atoms with Crippen LogP contribution < -0.4 is 0 Å². The summed E-state index contributed by atoms with van der Waals surface area (Å²) in [5.41, 5.74) is -1.55. The summed E-state index contributed by atoms with van der Waals surface area (Å²) < 4.78 is 10.1. The number of methoxy groups -OCH3 is 1. The second kappa shape index (κ2) is 9.85. The number of benzene rings is 2. The standard InChI is InChI=1S/C24H24O9/c1-32-23(30)24(31)12-16(17(25)9-7-14-8-10-18(26)19(27)11-14)21(20(28)13-24)33-22(29)15-5-3-2-4-6-15/h2-11,16,20-21,26-28,31H,12-13H2,1H3/b9-7+/t16-,20+,21-,24+/m0/s1. The summed E-state index contributed by atoms with van der Waals surface area (Å²) in [6.07, 6.45) is -1.30. The van der Waals surface area contributed by atoms with Gasteiger partial charge in [0.15, 0.2) is 22.9 Å². The minimum atomic E-state index is -2.14. The number of allylic oxidation sites excluding steroid dienone is 1. The molecule has 3 rings (SSSR count). The van der Waals surface area contributed by atoms with Crippen LogP contribution >= 0.6 is 0 Å². The molecule has 1 saturated carbocycles. The molecule has 1 fully saturated rings. The number of esters is 2. The Morgan fingerprint density at radius 2 is 1.73 bits per heavy atom. The normalized spacial score (nSPS) is 24.9. The molecular formula is C24H24O9. The molecule has 174 valence electrons. The number of carbonyl (C=O) groups is 3. The number of ether oxygens (including phenoxy) is 2. The van der Waals surface area contributed by atoms with Crippen LogP contribution in [0, 0.1) is 5.92 Å².